The maximum absolute atomic E-state index is 11.5. The highest BCUT2D eigenvalue weighted by Gasteiger charge is 2.00. The van der Waals surface area contributed by atoms with E-state index in [1.165, 1.54) is 7.11 Å². The van der Waals surface area contributed by atoms with Crippen LogP contribution in [0.15, 0.2) is 23.1 Å². The molecule has 1 aromatic heterocycles. The van der Waals surface area contributed by atoms with E-state index in [2.05, 4.69) is 0 Å². The highest BCUT2D eigenvalue weighted by atomic mass is 16.5. The van der Waals surface area contributed by atoms with Crippen molar-refractivity contribution in [2.45, 2.75) is 6.54 Å². The lowest BCUT2D eigenvalue weighted by Crippen LogP contribution is -2.22. The number of rotatable bonds is 4. The van der Waals surface area contributed by atoms with Gasteiger partial charge in [0.2, 0.25) is 0 Å². The normalized spacial score (nSPS) is 10.0. The van der Waals surface area contributed by atoms with E-state index in [-0.39, 0.29) is 5.56 Å². The fourth-order valence-corrected chi connectivity index (χ4v) is 1.04. The smallest absolute Gasteiger partial charge is 0.292 e. The summed E-state index contributed by atoms with van der Waals surface area (Å²) in [6.07, 6.45) is 1.71. The third-order valence-corrected chi connectivity index (χ3v) is 1.74. The lowest BCUT2D eigenvalue weighted by molar-refractivity contribution is 0.185. The van der Waals surface area contributed by atoms with Crippen molar-refractivity contribution in [3.8, 4) is 5.75 Å². The third-order valence-electron chi connectivity index (χ3n) is 1.74. The quantitative estimate of drug-likeness (QED) is 0.682. The maximum Gasteiger partial charge on any atom is 0.292 e. The Bertz CT molecular complexity index is 319. The predicted molar refractivity (Wildman–Crippen MR) is 49.1 cm³/mol. The highest BCUT2D eigenvalue weighted by Crippen LogP contribution is 1.99. The fraction of sp³-hybridized carbons (Fsp3) is 0.444. The summed E-state index contributed by atoms with van der Waals surface area (Å²) >= 11 is 0. The number of ether oxygens (including phenoxy) is 2. The average molecular weight is 183 g/mol. The van der Waals surface area contributed by atoms with Gasteiger partial charge >= 0.3 is 0 Å². The first-order valence-electron chi connectivity index (χ1n) is 4.02. The number of methoxy groups -OCH3 is 2. The zero-order chi connectivity index (χ0) is 9.68. The molecular formula is C9H13NO3. The van der Waals surface area contributed by atoms with Gasteiger partial charge in [0.1, 0.15) is 0 Å². The van der Waals surface area contributed by atoms with Gasteiger partial charge in [0.05, 0.1) is 13.7 Å². The first-order chi connectivity index (χ1) is 6.29. The van der Waals surface area contributed by atoms with E-state index >= 15 is 0 Å². The molecule has 1 aromatic rings. The first kappa shape index (κ1) is 9.80. The average Bonchev–Trinajstić information content (AvgIpc) is 2.16. The summed E-state index contributed by atoms with van der Waals surface area (Å²) in [7, 11) is 3.09. The van der Waals surface area contributed by atoms with Crippen LogP contribution < -0.4 is 10.3 Å². The first-order valence-corrected chi connectivity index (χ1v) is 4.02. The van der Waals surface area contributed by atoms with Crippen LogP contribution in [-0.2, 0) is 11.3 Å². The summed E-state index contributed by atoms with van der Waals surface area (Å²) in [5, 5.41) is 0. The Hall–Kier alpha value is -1.29. The SMILES string of the molecule is COCCn1cccc(OC)c1=O. The van der Waals surface area contributed by atoms with E-state index in [1.54, 1.807) is 30.0 Å². The van der Waals surface area contributed by atoms with E-state index in [9.17, 15) is 4.79 Å². The van der Waals surface area contributed by atoms with Gasteiger partial charge in [-0.3, -0.25) is 4.79 Å². The molecule has 72 valence electrons. The van der Waals surface area contributed by atoms with E-state index in [1.807, 2.05) is 0 Å². The number of hydrogen-bond acceptors (Lipinski definition) is 3. The van der Waals surface area contributed by atoms with Crippen molar-refractivity contribution in [3.05, 3.63) is 28.7 Å². The third kappa shape index (κ3) is 2.32. The molecule has 0 saturated carbocycles. The van der Waals surface area contributed by atoms with Gasteiger partial charge in [-0.15, -0.1) is 0 Å². The molecule has 4 heteroatoms. The second kappa shape index (κ2) is 4.67. The summed E-state index contributed by atoms with van der Waals surface area (Å²) in [6.45, 7) is 1.07. The molecule has 0 aromatic carbocycles. The topological polar surface area (TPSA) is 40.5 Å². The number of aromatic nitrogens is 1. The molecule has 0 spiro atoms. The van der Waals surface area contributed by atoms with Gasteiger partial charge in [-0.2, -0.15) is 0 Å². The summed E-state index contributed by atoms with van der Waals surface area (Å²) < 4.78 is 11.3. The Morgan fingerprint density at radius 2 is 2.23 bits per heavy atom. The van der Waals surface area contributed by atoms with E-state index in [0.29, 0.717) is 18.9 Å². The summed E-state index contributed by atoms with van der Waals surface area (Å²) in [5.41, 5.74) is -0.123. The van der Waals surface area contributed by atoms with Crippen molar-refractivity contribution in [2.24, 2.45) is 0 Å². The molecule has 0 aliphatic carbocycles. The molecule has 0 bridgehead atoms. The largest absolute Gasteiger partial charge is 0.491 e. The van der Waals surface area contributed by atoms with E-state index in [4.69, 9.17) is 9.47 Å². The fourth-order valence-electron chi connectivity index (χ4n) is 1.04. The predicted octanol–water partition coefficient (Wildman–Crippen LogP) is 0.503. The minimum absolute atomic E-state index is 0.123. The molecule has 0 atom stereocenters. The number of pyridine rings is 1. The molecule has 1 rings (SSSR count). The van der Waals surface area contributed by atoms with E-state index < -0.39 is 0 Å². The Balaban J connectivity index is 2.88. The van der Waals surface area contributed by atoms with Gasteiger partial charge in [0.15, 0.2) is 5.75 Å². The lowest BCUT2D eigenvalue weighted by Gasteiger charge is -2.05. The molecule has 0 saturated heterocycles. The molecule has 0 amide bonds. The van der Waals surface area contributed by atoms with Gasteiger partial charge in [-0.1, -0.05) is 0 Å². The minimum Gasteiger partial charge on any atom is -0.491 e. The Kier molecular flexibility index (Phi) is 3.52. The number of hydrogen-bond donors (Lipinski definition) is 0. The lowest BCUT2D eigenvalue weighted by atomic mass is 10.4. The Labute approximate surface area is 76.7 Å². The second-order valence-corrected chi connectivity index (χ2v) is 2.57. The van der Waals surface area contributed by atoms with Crippen molar-refractivity contribution < 1.29 is 9.47 Å². The molecular weight excluding hydrogens is 170 g/mol. The van der Waals surface area contributed by atoms with Crippen LogP contribution in [0, 0.1) is 0 Å². The van der Waals surface area contributed by atoms with Crippen LogP contribution in [0.1, 0.15) is 0 Å². The molecule has 0 radical (unpaired) electrons. The Morgan fingerprint density at radius 1 is 1.46 bits per heavy atom. The van der Waals surface area contributed by atoms with Gasteiger partial charge in [0.25, 0.3) is 5.56 Å². The zero-order valence-corrected chi connectivity index (χ0v) is 7.82. The maximum atomic E-state index is 11.5. The van der Waals surface area contributed by atoms with Crippen LogP contribution in [0.5, 0.6) is 5.75 Å². The van der Waals surface area contributed by atoms with Crippen LogP contribution in [0.2, 0.25) is 0 Å². The van der Waals surface area contributed by atoms with Crippen LogP contribution in [-0.4, -0.2) is 25.4 Å². The number of nitrogens with zero attached hydrogens (tertiary/aromatic N) is 1. The van der Waals surface area contributed by atoms with Crippen molar-refractivity contribution in [3.63, 3.8) is 0 Å². The van der Waals surface area contributed by atoms with Gasteiger partial charge in [0, 0.05) is 19.9 Å². The van der Waals surface area contributed by atoms with Gasteiger partial charge < -0.3 is 14.0 Å². The molecule has 13 heavy (non-hydrogen) atoms. The molecule has 0 N–H and O–H groups in total. The molecule has 0 aliphatic rings. The highest BCUT2D eigenvalue weighted by molar-refractivity contribution is 5.16. The van der Waals surface area contributed by atoms with Crippen LogP contribution >= 0.6 is 0 Å². The zero-order valence-electron chi connectivity index (χ0n) is 7.82. The van der Waals surface area contributed by atoms with Gasteiger partial charge in [-0.05, 0) is 12.1 Å². The molecule has 0 aliphatic heterocycles. The molecule has 1 heterocycles. The van der Waals surface area contributed by atoms with Crippen molar-refractivity contribution in [2.75, 3.05) is 20.8 Å². The van der Waals surface area contributed by atoms with Crippen molar-refractivity contribution >= 4 is 0 Å². The van der Waals surface area contributed by atoms with E-state index in [0.717, 1.165) is 0 Å². The second-order valence-electron chi connectivity index (χ2n) is 2.57. The van der Waals surface area contributed by atoms with Crippen LogP contribution in [0.25, 0.3) is 0 Å². The summed E-state index contributed by atoms with van der Waals surface area (Å²) in [4.78, 5) is 11.5. The minimum atomic E-state index is -0.123. The summed E-state index contributed by atoms with van der Waals surface area (Å²) in [6, 6.07) is 3.42. The van der Waals surface area contributed by atoms with Crippen molar-refractivity contribution in [1.82, 2.24) is 4.57 Å². The molecule has 0 unspecified atom stereocenters. The van der Waals surface area contributed by atoms with Crippen molar-refractivity contribution in [1.29, 1.82) is 0 Å². The van der Waals surface area contributed by atoms with Crippen LogP contribution in [0.4, 0.5) is 0 Å². The standard InChI is InChI=1S/C9H13NO3/c1-12-7-6-10-5-3-4-8(13-2)9(10)11/h3-5H,6-7H2,1-2H3. The van der Waals surface area contributed by atoms with Crippen LogP contribution in [0.3, 0.4) is 0 Å². The monoisotopic (exact) mass is 183 g/mol. The molecule has 0 fully saturated rings. The Morgan fingerprint density at radius 3 is 2.85 bits per heavy atom. The summed E-state index contributed by atoms with van der Waals surface area (Å²) in [5.74, 6) is 0.360. The van der Waals surface area contributed by atoms with Gasteiger partial charge in [-0.25, -0.2) is 0 Å². The molecule has 4 nitrogen and oxygen atoms in total.